The third-order valence-corrected chi connectivity index (χ3v) is 2.79. The van der Waals surface area contributed by atoms with E-state index in [9.17, 15) is 13.6 Å². The van der Waals surface area contributed by atoms with E-state index in [2.05, 4.69) is 5.10 Å². The Morgan fingerprint density at radius 1 is 1.42 bits per heavy atom. The molecule has 2 N–H and O–H groups in total. The summed E-state index contributed by atoms with van der Waals surface area (Å²) in [7, 11) is 1.72. The van der Waals surface area contributed by atoms with E-state index >= 15 is 0 Å². The molecule has 1 aromatic heterocycles. The van der Waals surface area contributed by atoms with Gasteiger partial charge in [0.2, 0.25) is 0 Å². The Morgan fingerprint density at radius 2 is 2.16 bits per heavy atom. The lowest BCUT2D eigenvalue weighted by Crippen LogP contribution is -2.22. The number of aryl methyl sites for hydroxylation is 1. The summed E-state index contributed by atoms with van der Waals surface area (Å²) in [6.45, 7) is 0. The van der Waals surface area contributed by atoms with Gasteiger partial charge < -0.3 is 5.73 Å². The number of ketones is 1. The second-order valence-electron chi connectivity index (χ2n) is 4.32. The van der Waals surface area contributed by atoms with Gasteiger partial charge in [0, 0.05) is 25.2 Å². The van der Waals surface area contributed by atoms with Crippen LogP contribution in [0.15, 0.2) is 30.6 Å². The van der Waals surface area contributed by atoms with Crippen molar-refractivity contribution in [1.29, 1.82) is 0 Å². The molecule has 0 aliphatic carbocycles. The number of nitrogens with two attached hydrogens (primary N) is 1. The number of hydrogen-bond donors (Lipinski definition) is 1. The summed E-state index contributed by atoms with van der Waals surface area (Å²) in [5, 5.41) is 3.93. The van der Waals surface area contributed by atoms with Gasteiger partial charge in [-0.3, -0.25) is 9.48 Å². The van der Waals surface area contributed by atoms with Crippen LogP contribution in [0.3, 0.4) is 0 Å². The molecule has 2 rings (SSSR count). The average molecular weight is 265 g/mol. The molecule has 1 unspecified atom stereocenters. The predicted octanol–water partition coefficient (Wildman–Crippen LogP) is 1.51. The smallest absolute Gasteiger partial charge is 0.159 e. The maximum Gasteiger partial charge on any atom is 0.159 e. The fraction of sp³-hybridized carbons (Fsp3) is 0.231. The highest BCUT2D eigenvalue weighted by molar-refractivity contribution is 5.86. The van der Waals surface area contributed by atoms with Gasteiger partial charge in [-0.1, -0.05) is 6.07 Å². The number of carbonyl (C=O) groups is 1. The van der Waals surface area contributed by atoms with Gasteiger partial charge in [-0.15, -0.1) is 0 Å². The third kappa shape index (κ3) is 3.03. The number of nitrogens with zero attached hydrogens (tertiary/aromatic N) is 2. The van der Waals surface area contributed by atoms with E-state index in [1.165, 1.54) is 12.3 Å². The molecule has 1 heterocycles. The molecular formula is C13H13F2N3O. The van der Waals surface area contributed by atoms with Crippen molar-refractivity contribution in [3.05, 3.63) is 53.4 Å². The number of hydrogen-bond acceptors (Lipinski definition) is 3. The van der Waals surface area contributed by atoms with Gasteiger partial charge in [-0.2, -0.15) is 5.10 Å². The molecule has 0 fully saturated rings. The van der Waals surface area contributed by atoms with Gasteiger partial charge >= 0.3 is 0 Å². The molecule has 0 bridgehead atoms. The van der Waals surface area contributed by atoms with Crippen LogP contribution in [0, 0.1) is 11.6 Å². The normalized spacial score (nSPS) is 12.4. The molecule has 0 radical (unpaired) electrons. The summed E-state index contributed by atoms with van der Waals surface area (Å²) in [6, 6.07) is 2.55. The summed E-state index contributed by atoms with van der Waals surface area (Å²) in [5.41, 5.74) is 6.78. The van der Waals surface area contributed by atoms with Crippen LogP contribution in [0.4, 0.5) is 8.78 Å². The molecule has 0 spiro atoms. The van der Waals surface area contributed by atoms with E-state index < -0.39 is 17.7 Å². The van der Waals surface area contributed by atoms with Crippen molar-refractivity contribution >= 4 is 5.78 Å². The molecule has 0 saturated carbocycles. The summed E-state index contributed by atoms with van der Waals surface area (Å²) in [5.74, 6) is -2.19. The van der Waals surface area contributed by atoms with Crippen molar-refractivity contribution in [1.82, 2.24) is 9.78 Å². The highest BCUT2D eigenvalue weighted by Crippen LogP contribution is 2.15. The Hall–Kier alpha value is -2.08. The number of rotatable bonds is 4. The highest BCUT2D eigenvalue weighted by Gasteiger charge is 2.18. The largest absolute Gasteiger partial charge is 0.318 e. The Morgan fingerprint density at radius 3 is 2.74 bits per heavy atom. The lowest BCUT2D eigenvalue weighted by Gasteiger charge is -2.08. The highest BCUT2D eigenvalue weighted by atomic mass is 19.2. The first-order valence-electron chi connectivity index (χ1n) is 5.68. The van der Waals surface area contributed by atoms with Crippen molar-refractivity contribution in [2.45, 2.75) is 12.5 Å². The van der Waals surface area contributed by atoms with Crippen LogP contribution in [0.1, 0.15) is 17.2 Å². The molecule has 0 amide bonds. The van der Waals surface area contributed by atoms with Crippen LogP contribution in [-0.2, 0) is 18.3 Å². The van der Waals surface area contributed by atoms with Crippen molar-refractivity contribution < 1.29 is 13.6 Å². The number of benzene rings is 1. The second-order valence-corrected chi connectivity index (χ2v) is 4.32. The Balaban J connectivity index is 2.10. The van der Waals surface area contributed by atoms with Crippen LogP contribution in [0.25, 0.3) is 0 Å². The molecule has 6 heteroatoms. The molecule has 0 aliphatic rings. The zero-order valence-corrected chi connectivity index (χ0v) is 10.3. The summed E-state index contributed by atoms with van der Waals surface area (Å²) < 4.78 is 27.3. The molecular weight excluding hydrogens is 252 g/mol. The number of halogens is 2. The van der Waals surface area contributed by atoms with E-state index in [4.69, 9.17) is 5.73 Å². The van der Waals surface area contributed by atoms with Crippen LogP contribution < -0.4 is 5.73 Å². The van der Waals surface area contributed by atoms with Gasteiger partial charge in [-0.25, -0.2) is 8.78 Å². The van der Waals surface area contributed by atoms with Gasteiger partial charge in [-0.05, 0) is 17.7 Å². The van der Waals surface area contributed by atoms with Crippen LogP contribution in [-0.4, -0.2) is 15.6 Å². The van der Waals surface area contributed by atoms with Crippen LogP contribution in [0.5, 0.6) is 0 Å². The molecule has 100 valence electrons. The number of aromatic nitrogens is 2. The third-order valence-electron chi connectivity index (χ3n) is 2.79. The lowest BCUT2D eigenvalue weighted by molar-refractivity contribution is -0.119. The van der Waals surface area contributed by atoms with Crippen molar-refractivity contribution in [2.24, 2.45) is 12.8 Å². The summed E-state index contributed by atoms with van der Waals surface area (Å²) in [6.07, 6.45) is 3.11. The summed E-state index contributed by atoms with van der Waals surface area (Å²) >= 11 is 0. The van der Waals surface area contributed by atoms with Crippen LogP contribution in [0.2, 0.25) is 0 Å². The Labute approximate surface area is 108 Å². The molecule has 0 aliphatic heterocycles. The zero-order valence-electron chi connectivity index (χ0n) is 10.3. The predicted molar refractivity (Wildman–Crippen MR) is 65.2 cm³/mol. The number of carbonyl (C=O) groups excluding carboxylic acids is 1. The second kappa shape index (κ2) is 5.27. The minimum absolute atomic E-state index is 0.0484. The topological polar surface area (TPSA) is 60.9 Å². The Bertz CT molecular complexity index is 610. The molecule has 1 aromatic carbocycles. The minimum Gasteiger partial charge on any atom is -0.318 e. The maximum absolute atomic E-state index is 13.0. The van der Waals surface area contributed by atoms with Crippen molar-refractivity contribution in [3.63, 3.8) is 0 Å². The van der Waals surface area contributed by atoms with Crippen molar-refractivity contribution in [3.8, 4) is 0 Å². The molecule has 2 aromatic rings. The maximum atomic E-state index is 13.0. The monoisotopic (exact) mass is 265 g/mol. The minimum atomic E-state index is -0.972. The first-order chi connectivity index (χ1) is 8.97. The van der Waals surface area contributed by atoms with Crippen LogP contribution >= 0.6 is 0 Å². The molecule has 1 atom stereocenters. The van der Waals surface area contributed by atoms with Gasteiger partial charge in [0.1, 0.15) is 0 Å². The zero-order chi connectivity index (χ0) is 14.0. The fourth-order valence-electron chi connectivity index (χ4n) is 1.75. The van der Waals surface area contributed by atoms with Gasteiger partial charge in [0.25, 0.3) is 0 Å². The SMILES string of the molecule is Cn1cc(C(N)C(=O)Cc2ccc(F)c(F)c2)cn1. The van der Waals surface area contributed by atoms with Gasteiger partial charge in [0.05, 0.1) is 12.2 Å². The fourth-order valence-corrected chi connectivity index (χ4v) is 1.75. The van der Waals surface area contributed by atoms with E-state index in [-0.39, 0.29) is 12.2 Å². The van der Waals surface area contributed by atoms with E-state index in [1.54, 1.807) is 17.9 Å². The average Bonchev–Trinajstić information content (AvgIpc) is 2.79. The number of Topliss-reactive ketones (excluding diaryl/α,β-unsaturated/α-hetero) is 1. The van der Waals surface area contributed by atoms with Gasteiger partial charge in [0.15, 0.2) is 17.4 Å². The molecule has 4 nitrogen and oxygen atoms in total. The first-order valence-corrected chi connectivity index (χ1v) is 5.68. The van der Waals surface area contributed by atoms with Crippen molar-refractivity contribution in [2.75, 3.05) is 0 Å². The standard InChI is InChI=1S/C13H13F2N3O/c1-18-7-9(6-17-18)13(16)12(19)5-8-2-3-10(14)11(15)4-8/h2-4,6-7,13H,5,16H2,1H3. The van der Waals surface area contributed by atoms with E-state index in [0.29, 0.717) is 11.1 Å². The van der Waals surface area contributed by atoms with E-state index in [0.717, 1.165) is 12.1 Å². The summed E-state index contributed by atoms with van der Waals surface area (Å²) in [4.78, 5) is 11.9. The first kappa shape index (κ1) is 13.4. The van der Waals surface area contributed by atoms with E-state index in [1.807, 2.05) is 0 Å². The Kier molecular flexibility index (Phi) is 3.71. The molecule has 0 saturated heterocycles. The quantitative estimate of drug-likeness (QED) is 0.911. The lowest BCUT2D eigenvalue weighted by atomic mass is 10.0. The molecule has 19 heavy (non-hydrogen) atoms.